The highest BCUT2D eigenvalue weighted by molar-refractivity contribution is 5.94. The molecule has 0 spiro atoms. The van der Waals surface area contributed by atoms with Gasteiger partial charge in [-0.3, -0.25) is 9.78 Å². The van der Waals surface area contributed by atoms with Crippen molar-refractivity contribution in [1.29, 1.82) is 0 Å². The SMILES string of the molecule is Cc1ccc2cc(CC(=O)N3CCC(N(N=O)N4c5cccc(C(F)(F)F)c54)CC3)ccc2n1. The number of alkyl halides is 3. The molecule has 1 saturated heterocycles. The van der Waals surface area contributed by atoms with Crippen molar-refractivity contribution in [3.05, 3.63) is 70.3 Å². The summed E-state index contributed by atoms with van der Waals surface area (Å²) in [7, 11) is 0. The summed E-state index contributed by atoms with van der Waals surface area (Å²) >= 11 is 0. The van der Waals surface area contributed by atoms with Gasteiger partial charge in [0, 0.05) is 24.2 Å². The van der Waals surface area contributed by atoms with Crippen molar-refractivity contribution in [3.8, 4) is 0 Å². The average molecular weight is 469 g/mol. The molecule has 0 atom stereocenters. The molecule has 2 aliphatic rings. The minimum Gasteiger partial charge on any atom is -0.342 e. The summed E-state index contributed by atoms with van der Waals surface area (Å²) in [6.07, 6.45) is -3.40. The fraction of sp³-hybridized carbons (Fsp3) is 0.333. The zero-order chi connectivity index (χ0) is 24.0. The summed E-state index contributed by atoms with van der Waals surface area (Å²) in [5.74, 6) is -0.0298. The molecule has 2 aromatic carbocycles. The highest BCUT2D eigenvalue weighted by Crippen LogP contribution is 2.56. The number of rotatable bonds is 5. The second-order valence-corrected chi connectivity index (χ2v) is 8.65. The molecule has 10 heteroatoms. The van der Waals surface area contributed by atoms with Gasteiger partial charge in [0.05, 0.1) is 34.5 Å². The fourth-order valence-electron chi connectivity index (χ4n) is 4.61. The third-order valence-corrected chi connectivity index (χ3v) is 6.39. The topological polar surface area (TPSA) is 68.9 Å². The number of amides is 1. The van der Waals surface area contributed by atoms with E-state index in [1.807, 2.05) is 37.3 Å². The zero-order valence-electron chi connectivity index (χ0n) is 18.4. The van der Waals surface area contributed by atoms with Gasteiger partial charge in [0.2, 0.25) is 5.91 Å². The van der Waals surface area contributed by atoms with Gasteiger partial charge in [-0.2, -0.15) is 18.3 Å². The number of hydrogen-bond donors (Lipinski definition) is 0. The maximum absolute atomic E-state index is 13.3. The van der Waals surface area contributed by atoms with Gasteiger partial charge in [-0.15, -0.1) is 4.91 Å². The summed E-state index contributed by atoms with van der Waals surface area (Å²) in [6.45, 7) is 2.73. The Labute approximate surface area is 193 Å². The Hall–Kier alpha value is -3.69. The lowest BCUT2D eigenvalue weighted by atomic mass is 10.0. The van der Waals surface area contributed by atoms with Crippen molar-refractivity contribution in [2.24, 2.45) is 5.29 Å². The van der Waals surface area contributed by atoms with Crippen LogP contribution in [0.3, 0.4) is 0 Å². The van der Waals surface area contributed by atoms with E-state index >= 15 is 0 Å². The maximum atomic E-state index is 13.3. The Morgan fingerprint density at radius 1 is 1.15 bits per heavy atom. The molecule has 0 bridgehead atoms. The third-order valence-electron chi connectivity index (χ3n) is 6.39. The Balaban J connectivity index is 1.21. The number of nitroso groups, excluding NO2 is 1. The number of carbonyl (C=O) groups is 1. The highest BCUT2D eigenvalue weighted by Gasteiger charge is 2.48. The molecule has 176 valence electrons. The number of nitrogens with zero attached hydrogens (tertiary/aromatic N) is 5. The van der Waals surface area contributed by atoms with Crippen LogP contribution in [0.4, 0.5) is 24.5 Å². The van der Waals surface area contributed by atoms with Crippen LogP contribution in [0.5, 0.6) is 0 Å². The fourth-order valence-corrected chi connectivity index (χ4v) is 4.61. The summed E-state index contributed by atoms with van der Waals surface area (Å²) in [4.78, 5) is 30.6. The van der Waals surface area contributed by atoms with E-state index in [0.29, 0.717) is 31.6 Å². The van der Waals surface area contributed by atoms with Gasteiger partial charge in [0.25, 0.3) is 0 Å². The number of para-hydroxylation sites is 1. The lowest BCUT2D eigenvalue weighted by molar-refractivity contribution is -0.137. The van der Waals surface area contributed by atoms with Gasteiger partial charge in [-0.1, -0.05) is 18.2 Å². The molecule has 0 radical (unpaired) electrons. The molecular weight excluding hydrogens is 447 g/mol. The van der Waals surface area contributed by atoms with E-state index in [4.69, 9.17) is 0 Å². The van der Waals surface area contributed by atoms with E-state index in [9.17, 15) is 22.9 Å². The second kappa shape index (κ2) is 8.27. The first kappa shape index (κ1) is 22.1. The summed E-state index contributed by atoms with van der Waals surface area (Å²) in [5.41, 5.74) is 2.21. The van der Waals surface area contributed by atoms with Crippen molar-refractivity contribution in [3.63, 3.8) is 0 Å². The van der Waals surface area contributed by atoms with E-state index in [-0.39, 0.29) is 24.1 Å². The van der Waals surface area contributed by atoms with Gasteiger partial charge in [0.1, 0.15) is 5.69 Å². The first-order valence-corrected chi connectivity index (χ1v) is 11.0. The summed E-state index contributed by atoms with van der Waals surface area (Å²) in [6, 6.07) is 13.1. The van der Waals surface area contributed by atoms with Crippen molar-refractivity contribution >= 4 is 28.2 Å². The van der Waals surface area contributed by atoms with Crippen LogP contribution >= 0.6 is 0 Å². The third kappa shape index (κ3) is 4.04. The molecule has 0 saturated carbocycles. The number of aromatic nitrogens is 1. The number of hydrogen-bond acceptors (Lipinski definition) is 5. The molecule has 0 unspecified atom stereocenters. The molecule has 1 aromatic heterocycles. The predicted octanol–water partition coefficient (Wildman–Crippen LogP) is 5.15. The Kier molecular flexibility index (Phi) is 5.38. The number of pyridine rings is 1. The van der Waals surface area contributed by atoms with Crippen molar-refractivity contribution in [2.45, 2.75) is 38.4 Å². The van der Waals surface area contributed by atoms with Gasteiger partial charge in [-0.25, -0.2) is 5.01 Å². The molecule has 3 aromatic rings. The monoisotopic (exact) mass is 469 g/mol. The highest BCUT2D eigenvalue weighted by atomic mass is 19.4. The van der Waals surface area contributed by atoms with Crippen LogP contribution < -0.4 is 5.01 Å². The lowest BCUT2D eigenvalue weighted by Gasteiger charge is -2.36. The maximum Gasteiger partial charge on any atom is 0.418 e. The van der Waals surface area contributed by atoms with E-state index in [0.717, 1.165) is 33.3 Å². The Morgan fingerprint density at radius 3 is 2.62 bits per heavy atom. The van der Waals surface area contributed by atoms with Gasteiger partial charge in [-0.05, 0) is 55.7 Å². The lowest BCUT2D eigenvalue weighted by Crippen LogP contribution is -2.47. The molecular formula is C24H22F3N5O2. The summed E-state index contributed by atoms with van der Waals surface area (Å²) < 4.78 is 39.9. The Morgan fingerprint density at radius 2 is 1.91 bits per heavy atom. The largest absolute Gasteiger partial charge is 0.418 e. The summed E-state index contributed by atoms with van der Waals surface area (Å²) in [5, 5.41) is 6.30. The van der Waals surface area contributed by atoms with E-state index in [1.54, 1.807) is 4.90 Å². The van der Waals surface area contributed by atoms with Crippen molar-refractivity contribution in [1.82, 2.24) is 15.0 Å². The number of likely N-dealkylation sites (tertiary alicyclic amines) is 1. The van der Waals surface area contributed by atoms with E-state index in [2.05, 4.69) is 10.3 Å². The van der Waals surface area contributed by atoms with E-state index < -0.39 is 11.7 Å². The standard InChI is InChI=1S/C24H22F3N5O2/c1-15-5-7-17-13-16(6-8-20(17)28-15)14-22(33)30-11-9-18(10-12-30)32(29-34)31-21-4-2-3-19(23(21)31)24(25,26)27/h2-8,13,18H,9-12,14H2,1H3. The number of aryl methyl sites for hydroxylation is 1. The van der Waals surface area contributed by atoms with Gasteiger partial charge < -0.3 is 4.90 Å². The average Bonchev–Trinajstić information content (AvgIpc) is 3.53. The van der Waals surface area contributed by atoms with Crippen LogP contribution in [0.1, 0.15) is 29.7 Å². The van der Waals surface area contributed by atoms with Crippen molar-refractivity contribution in [2.75, 3.05) is 18.1 Å². The molecule has 3 heterocycles. The number of anilines is 2. The molecule has 5 rings (SSSR count). The van der Waals surface area contributed by atoms with Gasteiger partial charge >= 0.3 is 6.18 Å². The van der Waals surface area contributed by atoms with Crippen molar-refractivity contribution < 1.29 is 18.0 Å². The molecule has 0 aliphatic carbocycles. The van der Waals surface area contributed by atoms with Crippen LogP contribution in [0, 0.1) is 11.8 Å². The van der Waals surface area contributed by atoms with Crippen LogP contribution in [-0.4, -0.2) is 40.0 Å². The second-order valence-electron chi connectivity index (χ2n) is 8.65. The molecule has 1 fully saturated rings. The number of hydrazine groups is 1. The quantitative estimate of drug-likeness (QED) is 0.294. The minimum absolute atomic E-state index is 0.0298. The number of halogens is 3. The Bertz CT molecular complexity index is 1270. The number of piperidine rings is 1. The molecule has 7 nitrogen and oxygen atoms in total. The normalized spacial score (nSPS) is 15.9. The first-order chi connectivity index (χ1) is 16.3. The smallest absolute Gasteiger partial charge is 0.342 e. The minimum atomic E-state index is -4.51. The van der Waals surface area contributed by atoms with E-state index in [1.165, 1.54) is 17.1 Å². The first-order valence-electron chi connectivity index (χ1n) is 11.0. The van der Waals surface area contributed by atoms with Crippen LogP contribution in [0.25, 0.3) is 10.9 Å². The van der Waals surface area contributed by atoms with Crippen LogP contribution in [-0.2, 0) is 17.4 Å². The number of benzene rings is 2. The van der Waals surface area contributed by atoms with Crippen LogP contribution in [0.15, 0.2) is 53.8 Å². The zero-order valence-corrected chi connectivity index (χ0v) is 18.4. The molecule has 2 aliphatic heterocycles. The molecule has 34 heavy (non-hydrogen) atoms. The number of fused-ring (bicyclic) bond motifs is 2. The predicted molar refractivity (Wildman–Crippen MR) is 121 cm³/mol. The van der Waals surface area contributed by atoms with Crippen LogP contribution in [0.2, 0.25) is 0 Å². The van der Waals surface area contributed by atoms with Gasteiger partial charge in [0.15, 0.2) is 0 Å². The molecule has 1 amide bonds. The number of carbonyl (C=O) groups excluding carboxylic acids is 1. The molecule has 0 N–H and O–H groups in total.